The van der Waals surface area contributed by atoms with Crippen molar-refractivity contribution in [2.75, 3.05) is 12.5 Å². The Morgan fingerprint density at radius 2 is 2.05 bits per heavy atom. The minimum atomic E-state index is -0.526. The van der Waals surface area contributed by atoms with Crippen molar-refractivity contribution in [1.29, 1.82) is 0 Å². The molecule has 1 aromatic carbocycles. The van der Waals surface area contributed by atoms with Crippen molar-refractivity contribution >= 4 is 40.9 Å². The van der Waals surface area contributed by atoms with Crippen LogP contribution in [0.5, 0.6) is 5.75 Å². The number of hydrogen-bond donors (Lipinski definition) is 1. The zero-order valence-electron chi connectivity index (χ0n) is 11.3. The molecule has 2 rings (SSSR count). The average Bonchev–Trinajstić information content (AvgIpc) is 2.47. The molecule has 0 amide bonds. The number of aromatic nitrogens is 1. The van der Waals surface area contributed by atoms with Crippen LogP contribution in [-0.4, -0.2) is 23.2 Å². The lowest BCUT2D eigenvalue weighted by Crippen LogP contribution is -1.95. The predicted molar refractivity (Wildman–Crippen MR) is 85.1 cm³/mol. The van der Waals surface area contributed by atoms with Crippen LogP contribution in [-0.2, 0) is 0 Å². The fourth-order valence-corrected chi connectivity index (χ4v) is 2.24. The van der Waals surface area contributed by atoms with Crippen LogP contribution < -0.4 is 10.2 Å². The first-order valence-corrected chi connectivity index (χ1v) is 6.69. The molecule has 0 aliphatic heterocycles. The standard InChI is InChI=1S/C13H10Cl2N4O3/c1-22-13-10(14)4-8(5-11(13)15)6-17-18-12-3-2-9(7-16-12)19(20)21/h2-7H,1H3,(H,16,18)/b17-6+. The predicted octanol–water partition coefficient (Wildman–Crippen LogP) is 3.75. The van der Waals surface area contributed by atoms with Crippen molar-refractivity contribution in [3.05, 3.63) is 56.2 Å². The summed E-state index contributed by atoms with van der Waals surface area (Å²) in [6.07, 6.45) is 2.62. The normalized spacial score (nSPS) is 10.7. The molecule has 9 heteroatoms. The molecule has 1 heterocycles. The molecule has 1 N–H and O–H groups in total. The second kappa shape index (κ2) is 7.06. The molecule has 1 aromatic heterocycles. The number of hydrogen-bond acceptors (Lipinski definition) is 6. The molecular weight excluding hydrogens is 331 g/mol. The number of benzene rings is 1. The first-order valence-electron chi connectivity index (χ1n) is 5.94. The molecule has 0 atom stereocenters. The van der Waals surface area contributed by atoms with Crippen molar-refractivity contribution in [2.45, 2.75) is 0 Å². The monoisotopic (exact) mass is 340 g/mol. The summed E-state index contributed by atoms with van der Waals surface area (Å²) in [5, 5.41) is 15.2. The zero-order valence-corrected chi connectivity index (χ0v) is 12.8. The second-order valence-electron chi connectivity index (χ2n) is 4.05. The Morgan fingerprint density at radius 3 is 2.55 bits per heavy atom. The van der Waals surface area contributed by atoms with E-state index in [0.717, 1.165) is 6.20 Å². The van der Waals surface area contributed by atoms with Crippen molar-refractivity contribution < 1.29 is 9.66 Å². The Hall–Kier alpha value is -2.38. The molecular formula is C13H10Cl2N4O3. The lowest BCUT2D eigenvalue weighted by Gasteiger charge is -2.06. The lowest BCUT2D eigenvalue weighted by atomic mass is 10.2. The Balaban J connectivity index is 2.08. The van der Waals surface area contributed by atoms with Gasteiger partial charge >= 0.3 is 0 Å². The molecule has 7 nitrogen and oxygen atoms in total. The molecule has 0 bridgehead atoms. The summed E-state index contributed by atoms with van der Waals surface area (Å²) < 4.78 is 5.05. The minimum absolute atomic E-state index is 0.0942. The van der Waals surface area contributed by atoms with E-state index in [0.29, 0.717) is 27.2 Å². The third kappa shape index (κ3) is 3.84. The molecule has 0 radical (unpaired) electrons. The largest absolute Gasteiger partial charge is 0.494 e. The summed E-state index contributed by atoms with van der Waals surface area (Å²) >= 11 is 12.0. The number of anilines is 1. The van der Waals surface area contributed by atoms with E-state index in [1.807, 2.05) is 0 Å². The van der Waals surface area contributed by atoms with Gasteiger partial charge in [-0.25, -0.2) is 4.98 Å². The lowest BCUT2D eigenvalue weighted by molar-refractivity contribution is -0.385. The van der Waals surface area contributed by atoms with Gasteiger partial charge in [0.25, 0.3) is 5.69 Å². The van der Waals surface area contributed by atoms with Gasteiger partial charge in [0.05, 0.1) is 28.3 Å². The molecule has 22 heavy (non-hydrogen) atoms. The number of pyridine rings is 1. The van der Waals surface area contributed by atoms with Gasteiger partial charge in [0.2, 0.25) is 0 Å². The van der Waals surface area contributed by atoms with Gasteiger partial charge in [-0.2, -0.15) is 5.10 Å². The molecule has 0 spiro atoms. The third-order valence-corrected chi connectivity index (χ3v) is 3.14. The molecule has 2 aromatic rings. The Labute approximate surface area is 135 Å². The Kier molecular flexibility index (Phi) is 5.13. The van der Waals surface area contributed by atoms with E-state index in [2.05, 4.69) is 15.5 Å². The SMILES string of the molecule is COc1c(Cl)cc(/C=N/Nc2ccc([N+](=O)[O-])cn2)cc1Cl. The fraction of sp³-hybridized carbons (Fsp3) is 0.0769. The number of rotatable bonds is 5. The molecule has 0 aliphatic rings. The highest BCUT2D eigenvalue weighted by Gasteiger charge is 2.07. The van der Waals surface area contributed by atoms with Crippen LogP contribution in [0.3, 0.4) is 0 Å². The topological polar surface area (TPSA) is 89.6 Å². The maximum Gasteiger partial charge on any atom is 0.287 e. The van der Waals surface area contributed by atoms with Gasteiger partial charge in [0, 0.05) is 6.07 Å². The van der Waals surface area contributed by atoms with Crippen LogP contribution in [0.25, 0.3) is 0 Å². The van der Waals surface area contributed by atoms with Crippen LogP contribution in [0.15, 0.2) is 35.6 Å². The molecule has 0 saturated carbocycles. The summed E-state index contributed by atoms with van der Waals surface area (Å²) in [7, 11) is 1.47. The maximum absolute atomic E-state index is 10.5. The molecule has 114 valence electrons. The van der Waals surface area contributed by atoms with Gasteiger partial charge in [0.1, 0.15) is 12.0 Å². The van der Waals surface area contributed by atoms with Crippen LogP contribution in [0.2, 0.25) is 10.0 Å². The van der Waals surface area contributed by atoms with Crippen LogP contribution in [0, 0.1) is 10.1 Å². The van der Waals surface area contributed by atoms with Crippen LogP contribution >= 0.6 is 23.2 Å². The highest BCUT2D eigenvalue weighted by Crippen LogP contribution is 2.33. The van der Waals surface area contributed by atoms with E-state index in [1.165, 1.54) is 25.5 Å². The van der Waals surface area contributed by atoms with Gasteiger partial charge in [-0.1, -0.05) is 23.2 Å². The van der Waals surface area contributed by atoms with E-state index in [1.54, 1.807) is 12.1 Å². The van der Waals surface area contributed by atoms with E-state index in [-0.39, 0.29) is 5.69 Å². The first kappa shape index (κ1) is 16.0. The first-order chi connectivity index (χ1) is 10.5. The zero-order chi connectivity index (χ0) is 16.1. The summed E-state index contributed by atoms with van der Waals surface area (Å²) in [4.78, 5) is 13.8. The van der Waals surface area contributed by atoms with Crippen LogP contribution in [0.4, 0.5) is 11.5 Å². The minimum Gasteiger partial charge on any atom is -0.494 e. The van der Waals surface area contributed by atoms with Gasteiger partial charge < -0.3 is 4.74 Å². The number of nitrogens with zero attached hydrogens (tertiary/aromatic N) is 3. The second-order valence-corrected chi connectivity index (χ2v) is 4.86. The number of methoxy groups -OCH3 is 1. The third-order valence-electron chi connectivity index (χ3n) is 2.58. The van der Waals surface area contributed by atoms with Crippen molar-refractivity contribution in [2.24, 2.45) is 5.10 Å². The van der Waals surface area contributed by atoms with E-state index in [9.17, 15) is 10.1 Å². The Bertz CT molecular complexity index is 697. The highest BCUT2D eigenvalue weighted by atomic mass is 35.5. The highest BCUT2D eigenvalue weighted by molar-refractivity contribution is 6.37. The number of ether oxygens (including phenoxy) is 1. The van der Waals surface area contributed by atoms with Crippen LogP contribution in [0.1, 0.15) is 5.56 Å². The quantitative estimate of drug-likeness (QED) is 0.508. The summed E-state index contributed by atoms with van der Waals surface area (Å²) in [6.45, 7) is 0. The van der Waals surface area contributed by atoms with E-state index >= 15 is 0 Å². The maximum atomic E-state index is 10.5. The molecule has 0 aliphatic carbocycles. The number of hydrazone groups is 1. The molecule has 0 fully saturated rings. The van der Waals surface area contributed by atoms with Crippen molar-refractivity contribution in [3.8, 4) is 5.75 Å². The van der Waals surface area contributed by atoms with Gasteiger partial charge in [0.15, 0.2) is 5.75 Å². The van der Waals surface area contributed by atoms with Gasteiger partial charge in [-0.3, -0.25) is 15.5 Å². The smallest absolute Gasteiger partial charge is 0.287 e. The number of nitrogens with one attached hydrogen (secondary N) is 1. The van der Waals surface area contributed by atoms with Gasteiger partial charge in [-0.15, -0.1) is 0 Å². The van der Waals surface area contributed by atoms with Crippen molar-refractivity contribution in [1.82, 2.24) is 4.98 Å². The molecule has 0 saturated heterocycles. The fourth-order valence-electron chi connectivity index (χ4n) is 1.58. The average molecular weight is 341 g/mol. The summed E-state index contributed by atoms with van der Waals surface area (Å²) in [5.41, 5.74) is 3.21. The number of halogens is 2. The summed E-state index contributed by atoms with van der Waals surface area (Å²) in [6, 6.07) is 6.05. The van der Waals surface area contributed by atoms with Crippen molar-refractivity contribution in [3.63, 3.8) is 0 Å². The van der Waals surface area contributed by atoms with E-state index < -0.39 is 4.92 Å². The Morgan fingerprint density at radius 1 is 1.36 bits per heavy atom. The van der Waals surface area contributed by atoms with Gasteiger partial charge in [-0.05, 0) is 23.8 Å². The molecule has 0 unspecified atom stereocenters. The number of nitro groups is 1. The summed E-state index contributed by atoms with van der Waals surface area (Å²) in [5.74, 6) is 0.762. The van der Waals surface area contributed by atoms with E-state index in [4.69, 9.17) is 27.9 Å².